The number of alkyl halides is 3. The Hall–Kier alpha value is -1.47. The van der Waals surface area contributed by atoms with Crippen molar-refractivity contribution in [3.05, 3.63) is 23.8 Å². The number of nitrogens with two attached hydrogens (primary N) is 1. The average molecular weight is 293 g/mol. The first-order valence-corrected chi connectivity index (χ1v) is 5.91. The van der Waals surface area contributed by atoms with Crippen molar-refractivity contribution in [3.8, 4) is 11.5 Å². The summed E-state index contributed by atoms with van der Waals surface area (Å²) in [6.45, 7) is 3.18. The third-order valence-electron chi connectivity index (χ3n) is 3.02. The zero-order chi connectivity index (χ0) is 15.6. The van der Waals surface area contributed by atoms with Crippen molar-refractivity contribution in [2.45, 2.75) is 26.3 Å². The van der Waals surface area contributed by atoms with Crippen LogP contribution in [0.4, 0.5) is 13.2 Å². The van der Waals surface area contributed by atoms with Gasteiger partial charge in [-0.1, -0.05) is 13.8 Å². The minimum atomic E-state index is -4.78. The van der Waals surface area contributed by atoms with Crippen LogP contribution in [0.3, 0.4) is 0 Å². The number of hydrogen-bond acceptors (Lipinski definition) is 4. The van der Waals surface area contributed by atoms with Crippen LogP contribution in [-0.4, -0.2) is 25.2 Å². The molecule has 0 heterocycles. The molecule has 3 N–H and O–H groups in total. The molecule has 1 aromatic carbocycles. The molecule has 1 atom stereocenters. The zero-order valence-electron chi connectivity index (χ0n) is 11.5. The lowest BCUT2D eigenvalue weighted by Gasteiger charge is -2.31. The minimum absolute atomic E-state index is 0.221. The smallest absolute Gasteiger partial charge is 0.496 e. The van der Waals surface area contributed by atoms with Gasteiger partial charge in [0.15, 0.2) is 0 Å². The maximum atomic E-state index is 12.2. The summed E-state index contributed by atoms with van der Waals surface area (Å²) in [4.78, 5) is 0. The predicted octanol–water partition coefficient (Wildman–Crippen LogP) is 2.61. The first kappa shape index (κ1) is 16.6. The Bertz CT molecular complexity index is 461. The fourth-order valence-corrected chi connectivity index (χ4v) is 1.67. The van der Waals surface area contributed by atoms with Gasteiger partial charge in [0.2, 0.25) is 0 Å². The molecule has 20 heavy (non-hydrogen) atoms. The number of methoxy groups -OCH3 is 1. The number of ether oxygens (including phenoxy) is 2. The van der Waals surface area contributed by atoms with Crippen LogP contribution < -0.4 is 15.2 Å². The number of aliphatic hydroxyl groups is 1. The van der Waals surface area contributed by atoms with Crippen LogP contribution >= 0.6 is 0 Å². The van der Waals surface area contributed by atoms with Crippen LogP contribution in [-0.2, 0) is 0 Å². The first-order chi connectivity index (χ1) is 9.10. The van der Waals surface area contributed by atoms with Crippen molar-refractivity contribution in [1.29, 1.82) is 0 Å². The van der Waals surface area contributed by atoms with Crippen LogP contribution in [0, 0.1) is 5.41 Å². The monoisotopic (exact) mass is 293 g/mol. The normalized spacial score (nSPS) is 14.0. The van der Waals surface area contributed by atoms with Crippen LogP contribution in [0.2, 0.25) is 0 Å². The van der Waals surface area contributed by atoms with Crippen molar-refractivity contribution in [3.63, 3.8) is 0 Å². The Kier molecular flexibility index (Phi) is 4.88. The van der Waals surface area contributed by atoms with E-state index in [-0.39, 0.29) is 12.4 Å². The third kappa shape index (κ3) is 4.01. The molecule has 0 radical (unpaired) electrons. The van der Waals surface area contributed by atoms with Gasteiger partial charge in [-0.3, -0.25) is 0 Å². The third-order valence-corrected chi connectivity index (χ3v) is 3.02. The van der Waals surface area contributed by atoms with E-state index in [1.807, 2.05) is 0 Å². The highest BCUT2D eigenvalue weighted by Crippen LogP contribution is 2.38. The number of rotatable bonds is 5. The zero-order valence-corrected chi connectivity index (χ0v) is 11.5. The second kappa shape index (κ2) is 5.88. The average Bonchev–Trinajstić information content (AvgIpc) is 2.35. The largest absolute Gasteiger partial charge is 0.573 e. The molecule has 1 rings (SSSR count). The molecule has 7 heteroatoms. The van der Waals surface area contributed by atoms with Crippen LogP contribution in [0.25, 0.3) is 0 Å². The van der Waals surface area contributed by atoms with Gasteiger partial charge in [-0.05, 0) is 18.2 Å². The summed E-state index contributed by atoms with van der Waals surface area (Å²) in [7, 11) is 1.39. The minimum Gasteiger partial charge on any atom is -0.496 e. The van der Waals surface area contributed by atoms with Gasteiger partial charge >= 0.3 is 6.36 Å². The van der Waals surface area contributed by atoms with Crippen LogP contribution in [0.5, 0.6) is 11.5 Å². The molecule has 1 aromatic rings. The Morgan fingerprint density at radius 2 is 1.90 bits per heavy atom. The van der Waals surface area contributed by atoms with Gasteiger partial charge in [0.25, 0.3) is 0 Å². The van der Waals surface area contributed by atoms with Crippen LogP contribution in [0.1, 0.15) is 25.5 Å². The van der Waals surface area contributed by atoms with E-state index in [2.05, 4.69) is 4.74 Å². The Morgan fingerprint density at radius 1 is 1.30 bits per heavy atom. The summed E-state index contributed by atoms with van der Waals surface area (Å²) in [5, 5.41) is 9.31. The molecule has 0 aliphatic rings. The summed E-state index contributed by atoms with van der Waals surface area (Å²) in [5.74, 6) is -0.0361. The lowest BCUT2D eigenvalue weighted by Crippen LogP contribution is -2.32. The molecule has 0 fully saturated rings. The standard InChI is InChI=1S/C13H18F3NO3/c1-12(2,7-18)11(17)9-6-8(20-13(14,15)16)4-5-10(9)19-3/h4-6,11,18H,7,17H2,1-3H3/t11-/m1/s1. The fraction of sp³-hybridized carbons (Fsp3) is 0.538. The topological polar surface area (TPSA) is 64.7 Å². The van der Waals surface area contributed by atoms with Crippen molar-refractivity contribution < 1.29 is 27.8 Å². The van der Waals surface area contributed by atoms with Gasteiger partial charge in [0, 0.05) is 23.6 Å². The van der Waals surface area contributed by atoms with Gasteiger partial charge in [-0.25, -0.2) is 0 Å². The Labute approximate surface area is 115 Å². The predicted molar refractivity (Wildman–Crippen MR) is 67.5 cm³/mol. The molecule has 0 bridgehead atoms. The first-order valence-electron chi connectivity index (χ1n) is 5.91. The molecule has 0 spiro atoms. The summed E-state index contributed by atoms with van der Waals surface area (Å²) in [6, 6.07) is 2.96. The summed E-state index contributed by atoms with van der Waals surface area (Å²) in [5.41, 5.74) is 5.64. The van der Waals surface area contributed by atoms with E-state index in [0.29, 0.717) is 11.3 Å². The number of hydrogen-bond donors (Lipinski definition) is 2. The molecule has 0 aliphatic carbocycles. The number of benzene rings is 1. The molecule has 4 nitrogen and oxygen atoms in total. The summed E-state index contributed by atoms with van der Waals surface area (Å²) in [6.07, 6.45) is -4.78. The maximum Gasteiger partial charge on any atom is 0.573 e. The molecular weight excluding hydrogens is 275 g/mol. The fourth-order valence-electron chi connectivity index (χ4n) is 1.67. The highest BCUT2D eigenvalue weighted by Gasteiger charge is 2.33. The van der Waals surface area contributed by atoms with Crippen molar-refractivity contribution in [2.24, 2.45) is 11.1 Å². The van der Waals surface area contributed by atoms with E-state index in [1.54, 1.807) is 13.8 Å². The lowest BCUT2D eigenvalue weighted by molar-refractivity contribution is -0.274. The Morgan fingerprint density at radius 3 is 2.35 bits per heavy atom. The van der Waals surface area contributed by atoms with Crippen molar-refractivity contribution in [2.75, 3.05) is 13.7 Å². The van der Waals surface area contributed by atoms with Gasteiger partial charge < -0.3 is 20.3 Å². The van der Waals surface area contributed by atoms with Gasteiger partial charge in [0.1, 0.15) is 11.5 Å². The molecule has 0 amide bonds. The molecule has 0 aliphatic heterocycles. The molecule has 0 aromatic heterocycles. The summed E-state index contributed by atoms with van der Waals surface area (Å²) < 4.78 is 45.7. The second-order valence-corrected chi connectivity index (χ2v) is 5.08. The Balaban J connectivity index is 3.19. The van der Waals surface area contributed by atoms with Gasteiger partial charge in [-0.2, -0.15) is 0 Å². The van der Waals surface area contributed by atoms with Gasteiger partial charge in [-0.15, -0.1) is 13.2 Å². The molecule has 0 saturated heterocycles. The van der Waals surface area contributed by atoms with E-state index in [0.717, 1.165) is 6.07 Å². The van der Waals surface area contributed by atoms with Gasteiger partial charge in [0.05, 0.1) is 7.11 Å². The highest BCUT2D eigenvalue weighted by atomic mass is 19.4. The van der Waals surface area contributed by atoms with E-state index >= 15 is 0 Å². The van der Waals surface area contributed by atoms with E-state index in [9.17, 15) is 18.3 Å². The maximum absolute atomic E-state index is 12.2. The summed E-state index contributed by atoms with van der Waals surface area (Å²) >= 11 is 0. The van der Waals surface area contributed by atoms with E-state index in [4.69, 9.17) is 10.5 Å². The molecule has 114 valence electrons. The molecule has 0 saturated carbocycles. The highest BCUT2D eigenvalue weighted by molar-refractivity contribution is 5.43. The lowest BCUT2D eigenvalue weighted by atomic mass is 9.81. The second-order valence-electron chi connectivity index (χ2n) is 5.08. The van der Waals surface area contributed by atoms with E-state index < -0.39 is 17.8 Å². The quantitative estimate of drug-likeness (QED) is 0.876. The van der Waals surface area contributed by atoms with E-state index in [1.165, 1.54) is 19.2 Å². The van der Waals surface area contributed by atoms with Crippen molar-refractivity contribution >= 4 is 0 Å². The number of halogens is 3. The molecular formula is C13H18F3NO3. The SMILES string of the molecule is COc1ccc(OC(F)(F)F)cc1[C@@H](N)C(C)(C)CO. The van der Waals surface area contributed by atoms with Crippen molar-refractivity contribution in [1.82, 2.24) is 0 Å². The van der Waals surface area contributed by atoms with Crippen LogP contribution in [0.15, 0.2) is 18.2 Å². The number of aliphatic hydroxyl groups excluding tert-OH is 1. The molecule has 0 unspecified atom stereocenters.